The van der Waals surface area contributed by atoms with Gasteiger partial charge in [0.1, 0.15) is 0 Å². The second-order valence-electron chi connectivity index (χ2n) is 3.40. The molecule has 60 valence electrons. The minimum absolute atomic E-state index is 0.633. The molecule has 0 amide bonds. The third kappa shape index (κ3) is 1.50. The van der Waals surface area contributed by atoms with Gasteiger partial charge in [-0.2, -0.15) is 0 Å². The Labute approximate surface area is 63.4 Å². The van der Waals surface area contributed by atoms with E-state index >= 15 is 0 Å². The van der Waals surface area contributed by atoms with Gasteiger partial charge >= 0.3 is 0 Å². The van der Waals surface area contributed by atoms with Crippen LogP contribution in [0.1, 0.15) is 19.8 Å². The topological polar surface area (TPSA) is 29.3 Å². The van der Waals surface area contributed by atoms with Crippen LogP contribution in [0.3, 0.4) is 0 Å². The average Bonchev–Trinajstić information content (AvgIpc) is 1.88. The summed E-state index contributed by atoms with van der Waals surface area (Å²) in [6.45, 7) is 4.34. The van der Waals surface area contributed by atoms with E-state index in [1.165, 1.54) is 19.4 Å². The monoisotopic (exact) mass is 142 g/mol. The fourth-order valence-corrected chi connectivity index (χ4v) is 1.87. The molecule has 1 saturated heterocycles. The molecule has 1 aliphatic rings. The summed E-state index contributed by atoms with van der Waals surface area (Å²) in [5.74, 6) is 0.795. The number of likely N-dealkylation sites (N-methyl/N-ethyl adjacent to an activating group) is 1. The SMILES string of the molecule is CC1CCCN(C)C1CN. The van der Waals surface area contributed by atoms with Gasteiger partial charge in [0.25, 0.3) is 0 Å². The van der Waals surface area contributed by atoms with Gasteiger partial charge in [-0.15, -0.1) is 0 Å². The van der Waals surface area contributed by atoms with Crippen LogP contribution in [-0.4, -0.2) is 31.1 Å². The zero-order valence-electron chi connectivity index (χ0n) is 7.01. The number of nitrogens with two attached hydrogens (primary N) is 1. The van der Waals surface area contributed by atoms with Crippen molar-refractivity contribution < 1.29 is 0 Å². The van der Waals surface area contributed by atoms with Gasteiger partial charge in [0.05, 0.1) is 0 Å². The van der Waals surface area contributed by atoms with Crippen molar-refractivity contribution in [1.82, 2.24) is 4.90 Å². The van der Waals surface area contributed by atoms with Gasteiger partial charge in [-0.3, -0.25) is 0 Å². The molecule has 2 N–H and O–H groups in total. The van der Waals surface area contributed by atoms with Gasteiger partial charge in [-0.1, -0.05) is 6.92 Å². The van der Waals surface area contributed by atoms with Crippen molar-refractivity contribution in [3.8, 4) is 0 Å². The molecule has 10 heavy (non-hydrogen) atoms. The van der Waals surface area contributed by atoms with Crippen LogP contribution in [0, 0.1) is 5.92 Å². The Morgan fingerprint density at radius 1 is 1.60 bits per heavy atom. The summed E-state index contributed by atoms with van der Waals surface area (Å²) in [5, 5.41) is 0. The number of hydrogen-bond acceptors (Lipinski definition) is 2. The molecule has 0 radical (unpaired) electrons. The van der Waals surface area contributed by atoms with Crippen molar-refractivity contribution in [2.24, 2.45) is 11.7 Å². The van der Waals surface area contributed by atoms with Crippen LogP contribution in [0.25, 0.3) is 0 Å². The Balaban J connectivity index is 2.45. The van der Waals surface area contributed by atoms with Gasteiger partial charge in [0.2, 0.25) is 0 Å². The molecule has 0 spiro atoms. The zero-order chi connectivity index (χ0) is 7.56. The molecule has 0 aliphatic carbocycles. The van der Waals surface area contributed by atoms with E-state index in [4.69, 9.17) is 5.73 Å². The average molecular weight is 142 g/mol. The van der Waals surface area contributed by atoms with Gasteiger partial charge in [0.15, 0.2) is 0 Å². The standard InChI is InChI=1S/C8H18N2/c1-7-4-3-5-10(2)8(7)6-9/h7-8H,3-6,9H2,1-2H3. The molecule has 1 rings (SSSR count). The molecular formula is C8H18N2. The molecular weight excluding hydrogens is 124 g/mol. The van der Waals surface area contributed by atoms with Crippen molar-refractivity contribution in [3.05, 3.63) is 0 Å². The number of rotatable bonds is 1. The van der Waals surface area contributed by atoms with Crippen molar-refractivity contribution >= 4 is 0 Å². The highest BCUT2D eigenvalue weighted by atomic mass is 15.1. The second kappa shape index (κ2) is 3.35. The fourth-order valence-electron chi connectivity index (χ4n) is 1.87. The first-order valence-electron chi connectivity index (χ1n) is 4.16. The van der Waals surface area contributed by atoms with Crippen molar-refractivity contribution in [3.63, 3.8) is 0 Å². The first kappa shape index (κ1) is 8.02. The summed E-state index contributed by atoms with van der Waals surface area (Å²) >= 11 is 0. The number of likely N-dealkylation sites (tertiary alicyclic amines) is 1. The fraction of sp³-hybridized carbons (Fsp3) is 1.00. The first-order chi connectivity index (χ1) is 4.75. The first-order valence-corrected chi connectivity index (χ1v) is 4.16. The molecule has 0 aromatic carbocycles. The summed E-state index contributed by atoms with van der Waals surface area (Å²) in [5.41, 5.74) is 5.64. The van der Waals surface area contributed by atoms with Crippen LogP contribution in [0.2, 0.25) is 0 Å². The number of piperidine rings is 1. The molecule has 1 aliphatic heterocycles. The van der Waals surface area contributed by atoms with Crippen LogP contribution >= 0.6 is 0 Å². The highest BCUT2D eigenvalue weighted by molar-refractivity contribution is 4.80. The van der Waals surface area contributed by atoms with Gasteiger partial charge < -0.3 is 10.6 Å². The highest BCUT2D eigenvalue weighted by Gasteiger charge is 2.23. The number of hydrogen-bond donors (Lipinski definition) is 1. The molecule has 0 aromatic heterocycles. The van der Waals surface area contributed by atoms with E-state index < -0.39 is 0 Å². The molecule has 2 nitrogen and oxygen atoms in total. The lowest BCUT2D eigenvalue weighted by molar-refractivity contribution is 0.136. The van der Waals surface area contributed by atoms with E-state index in [1.54, 1.807) is 0 Å². The maximum Gasteiger partial charge on any atom is 0.0240 e. The van der Waals surface area contributed by atoms with E-state index in [2.05, 4.69) is 18.9 Å². The minimum Gasteiger partial charge on any atom is -0.329 e. The summed E-state index contributed by atoms with van der Waals surface area (Å²) in [6.07, 6.45) is 2.69. The molecule has 2 heteroatoms. The lowest BCUT2D eigenvalue weighted by Gasteiger charge is -2.36. The molecule has 0 bridgehead atoms. The lowest BCUT2D eigenvalue weighted by Crippen LogP contribution is -2.46. The Kier molecular flexibility index (Phi) is 2.69. The smallest absolute Gasteiger partial charge is 0.0240 e. The summed E-state index contributed by atoms with van der Waals surface area (Å²) < 4.78 is 0. The Morgan fingerprint density at radius 2 is 2.30 bits per heavy atom. The van der Waals surface area contributed by atoms with Crippen LogP contribution in [0.5, 0.6) is 0 Å². The van der Waals surface area contributed by atoms with Crippen LogP contribution in [-0.2, 0) is 0 Å². The summed E-state index contributed by atoms with van der Waals surface area (Å²) in [4.78, 5) is 2.38. The second-order valence-corrected chi connectivity index (χ2v) is 3.40. The van der Waals surface area contributed by atoms with Crippen LogP contribution in [0.4, 0.5) is 0 Å². The Hall–Kier alpha value is -0.0800. The van der Waals surface area contributed by atoms with Crippen molar-refractivity contribution in [2.75, 3.05) is 20.1 Å². The largest absolute Gasteiger partial charge is 0.329 e. The maximum absolute atomic E-state index is 5.64. The number of nitrogens with zero attached hydrogens (tertiary/aromatic N) is 1. The third-order valence-corrected chi connectivity index (χ3v) is 2.63. The van der Waals surface area contributed by atoms with E-state index in [-0.39, 0.29) is 0 Å². The van der Waals surface area contributed by atoms with E-state index in [9.17, 15) is 0 Å². The molecule has 1 fully saturated rings. The van der Waals surface area contributed by atoms with E-state index in [0.717, 1.165) is 12.5 Å². The van der Waals surface area contributed by atoms with Crippen LogP contribution < -0.4 is 5.73 Å². The lowest BCUT2D eigenvalue weighted by atomic mass is 9.91. The molecule has 1 heterocycles. The Morgan fingerprint density at radius 3 is 2.70 bits per heavy atom. The predicted octanol–water partition coefficient (Wildman–Crippen LogP) is 0.675. The van der Waals surface area contributed by atoms with Gasteiger partial charge in [0, 0.05) is 12.6 Å². The molecule has 2 atom stereocenters. The van der Waals surface area contributed by atoms with Crippen molar-refractivity contribution in [1.29, 1.82) is 0 Å². The normalized spacial score (nSPS) is 36.3. The molecule has 0 aromatic rings. The molecule has 2 unspecified atom stereocenters. The summed E-state index contributed by atoms with van der Waals surface area (Å²) in [6, 6.07) is 0.633. The van der Waals surface area contributed by atoms with Crippen LogP contribution in [0.15, 0.2) is 0 Å². The highest BCUT2D eigenvalue weighted by Crippen LogP contribution is 2.20. The summed E-state index contributed by atoms with van der Waals surface area (Å²) in [7, 11) is 2.17. The zero-order valence-corrected chi connectivity index (χ0v) is 7.01. The van der Waals surface area contributed by atoms with Gasteiger partial charge in [-0.05, 0) is 32.4 Å². The predicted molar refractivity (Wildman–Crippen MR) is 43.9 cm³/mol. The maximum atomic E-state index is 5.64. The minimum atomic E-state index is 0.633. The molecule has 0 saturated carbocycles. The Bertz CT molecular complexity index is 93.4. The quantitative estimate of drug-likeness (QED) is 0.583. The van der Waals surface area contributed by atoms with E-state index in [0.29, 0.717) is 6.04 Å². The third-order valence-electron chi connectivity index (χ3n) is 2.63. The van der Waals surface area contributed by atoms with Gasteiger partial charge in [-0.25, -0.2) is 0 Å². The van der Waals surface area contributed by atoms with E-state index in [1.807, 2.05) is 0 Å². The van der Waals surface area contributed by atoms with Crippen molar-refractivity contribution in [2.45, 2.75) is 25.8 Å².